The molecule has 0 spiro atoms. The van der Waals surface area contributed by atoms with E-state index in [4.69, 9.17) is 4.74 Å². The van der Waals surface area contributed by atoms with E-state index in [-0.39, 0.29) is 5.91 Å². The Labute approximate surface area is 92.1 Å². The van der Waals surface area contributed by atoms with Crippen molar-refractivity contribution in [2.75, 3.05) is 33.3 Å². The Morgan fingerprint density at radius 3 is 2.93 bits per heavy atom. The summed E-state index contributed by atoms with van der Waals surface area (Å²) in [7, 11) is 1.55. The molecule has 0 aliphatic carbocycles. The lowest BCUT2D eigenvalue weighted by molar-refractivity contribution is 0.0730. The van der Waals surface area contributed by atoms with Gasteiger partial charge in [-0.1, -0.05) is 11.3 Å². The lowest BCUT2D eigenvalue weighted by Crippen LogP contribution is -2.46. The van der Waals surface area contributed by atoms with Gasteiger partial charge in [-0.05, 0) is 0 Å². The highest BCUT2D eigenvalue weighted by atomic mass is 32.1. The zero-order valence-corrected chi connectivity index (χ0v) is 9.34. The molecule has 1 aliphatic rings. The van der Waals surface area contributed by atoms with Crippen molar-refractivity contribution in [3.8, 4) is 5.19 Å². The second-order valence-electron chi connectivity index (χ2n) is 3.24. The number of aromatic nitrogens is 1. The molecule has 1 fully saturated rings. The number of thiazole rings is 1. The Morgan fingerprint density at radius 1 is 1.60 bits per heavy atom. The Kier molecular flexibility index (Phi) is 3.17. The van der Waals surface area contributed by atoms with Gasteiger partial charge in [0.25, 0.3) is 11.1 Å². The Morgan fingerprint density at radius 2 is 2.33 bits per heavy atom. The number of hydrogen-bond donors (Lipinski definition) is 1. The summed E-state index contributed by atoms with van der Waals surface area (Å²) in [6, 6.07) is 0. The first-order chi connectivity index (χ1) is 7.31. The van der Waals surface area contributed by atoms with E-state index in [1.54, 1.807) is 12.5 Å². The lowest BCUT2D eigenvalue weighted by Gasteiger charge is -2.26. The molecular formula is C9H13N3O2S. The molecule has 0 atom stereocenters. The molecule has 1 saturated heterocycles. The first-order valence-corrected chi connectivity index (χ1v) is 5.69. The zero-order valence-electron chi connectivity index (χ0n) is 8.52. The van der Waals surface area contributed by atoms with E-state index in [1.807, 2.05) is 4.90 Å². The first kappa shape index (κ1) is 10.4. The highest BCUT2D eigenvalue weighted by Gasteiger charge is 2.20. The van der Waals surface area contributed by atoms with Crippen molar-refractivity contribution >= 4 is 17.2 Å². The minimum absolute atomic E-state index is 0.00366. The third kappa shape index (κ3) is 2.27. The van der Waals surface area contributed by atoms with Crippen LogP contribution < -0.4 is 10.1 Å². The summed E-state index contributed by atoms with van der Waals surface area (Å²) in [4.78, 5) is 17.8. The van der Waals surface area contributed by atoms with Gasteiger partial charge in [-0.2, -0.15) is 4.98 Å². The zero-order chi connectivity index (χ0) is 10.7. The molecule has 0 bridgehead atoms. The van der Waals surface area contributed by atoms with E-state index in [1.165, 1.54) is 11.3 Å². The summed E-state index contributed by atoms with van der Waals surface area (Å²) >= 11 is 1.35. The lowest BCUT2D eigenvalue weighted by atomic mass is 10.3. The fourth-order valence-electron chi connectivity index (χ4n) is 1.48. The molecule has 82 valence electrons. The smallest absolute Gasteiger partial charge is 0.273 e. The SMILES string of the molecule is COc1nc(C(=O)N2CCNCC2)cs1. The van der Waals surface area contributed by atoms with Gasteiger partial charge in [-0.15, -0.1) is 0 Å². The standard InChI is InChI=1S/C9H13N3O2S/c1-14-9-11-7(6-15-9)8(13)12-4-2-10-3-5-12/h6,10H,2-5H2,1H3. The molecule has 1 aromatic heterocycles. The van der Waals surface area contributed by atoms with Crippen molar-refractivity contribution in [1.82, 2.24) is 15.2 Å². The minimum Gasteiger partial charge on any atom is -0.473 e. The molecule has 0 radical (unpaired) electrons. The van der Waals surface area contributed by atoms with Crippen LogP contribution in [0.3, 0.4) is 0 Å². The maximum atomic E-state index is 11.9. The summed E-state index contributed by atoms with van der Waals surface area (Å²) in [6.07, 6.45) is 0. The number of carbonyl (C=O) groups is 1. The van der Waals surface area contributed by atoms with Gasteiger partial charge in [0.15, 0.2) is 0 Å². The quantitative estimate of drug-likeness (QED) is 0.784. The summed E-state index contributed by atoms with van der Waals surface area (Å²) in [6.45, 7) is 3.21. The highest BCUT2D eigenvalue weighted by molar-refractivity contribution is 7.11. The van der Waals surface area contributed by atoms with Crippen LogP contribution in [0.4, 0.5) is 0 Å². The minimum atomic E-state index is -0.00366. The predicted molar refractivity (Wildman–Crippen MR) is 57.4 cm³/mol. The van der Waals surface area contributed by atoms with Crippen LogP contribution in [0.2, 0.25) is 0 Å². The molecule has 2 heterocycles. The molecule has 2 rings (SSSR count). The number of piperazine rings is 1. The maximum Gasteiger partial charge on any atom is 0.273 e. The number of nitrogens with one attached hydrogen (secondary N) is 1. The van der Waals surface area contributed by atoms with E-state index in [0.717, 1.165) is 26.2 Å². The first-order valence-electron chi connectivity index (χ1n) is 4.81. The fourth-order valence-corrected chi connectivity index (χ4v) is 2.09. The molecule has 15 heavy (non-hydrogen) atoms. The van der Waals surface area contributed by atoms with Gasteiger partial charge in [0.05, 0.1) is 7.11 Å². The number of ether oxygens (including phenoxy) is 1. The Hall–Kier alpha value is -1.14. The normalized spacial score (nSPS) is 16.5. The molecule has 6 heteroatoms. The van der Waals surface area contributed by atoms with Gasteiger partial charge in [-0.25, -0.2) is 0 Å². The monoisotopic (exact) mass is 227 g/mol. The number of amides is 1. The van der Waals surface area contributed by atoms with Crippen LogP contribution >= 0.6 is 11.3 Å². The van der Waals surface area contributed by atoms with Crippen molar-refractivity contribution < 1.29 is 9.53 Å². The summed E-state index contributed by atoms with van der Waals surface area (Å²) in [5, 5.41) is 5.48. The third-order valence-electron chi connectivity index (χ3n) is 2.28. The third-order valence-corrected chi connectivity index (χ3v) is 3.08. The molecule has 0 unspecified atom stereocenters. The van der Waals surface area contributed by atoms with E-state index in [9.17, 15) is 4.79 Å². The van der Waals surface area contributed by atoms with Crippen LogP contribution in [0, 0.1) is 0 Å². The van der Waals surface area contributed by atoms with Crippen LogP contribution in [-0.2, 0) is 0 Å². The van der Waals surface area contributed by atoms with Gasteiger partial charge in [0, 0.05) is 31.6 Å². The average molecular weight is 227 g/mol. The average Bonchev–Trinajstić information content (AvgIpc) is 2.78. The van der Waals surface area contributed by atoms with Crippen molar-refractivity contribution in [1.29, 1.82) is 0 Å². The molecule has 1 aromatic rings. The van der Waals surface area contributed by atoms with Gasteiger partial charge in [0.1, 0.15) is 5.69 Å². The van der Waals surface area contributed by atoms with E-state index in [0.29, 0.717) is 10.9 Å². The Bertz CT molecular complexity index is 347. The van der Waals surface area contributed by atoms with Gasteiger partial charge in [-0.3, -0.25) is 4.79 Å². The largest absolute Gasteiger partial charge is 0.473 e. The maximum absolute atomic E-state index is 11.9. The predicted octanol–water partition coefficient (Wildman–Crippen LogP) is 0.197. The van der Waals surface area contributed by atoms with Crippen molar-refractivity contribution in [3.05, 3.63) is 11.1 Å². The number of nitrogens with zero attached hydrogens (tertiary/aromatic N) is 2. The van der Waals surface area contributed by atoms with Crippen molar-refractivity contribution in [2.24, 2.45) is 0 Å². The molecule has 0 saturated carbocycles. The fraction of sp³-hybridized carbons (Fsp3) is 0.556. The topological polar surface area (TPSA) is 54.5 Å². The summed E-state index contributed by atoms with van der Waals surface area (Å²) < 4.78 is 4.96. The molecule has 1 aliphatic heterocycles. The van der Waals surface area contributed by atoms with Crippen molar-refractivity contribution in [2.45, 2.75) is 0 Å². The van der Waals surface area contributed by atoms with Gasteiger partial charge >= 0.3 is 0 Å². The number of carbonyl (C=O) groups excluding carboxylic acids is 1. The molecule has 5 nitrogen and oxygen atoms in total. The number of methoxy groups -OCH3 is 1. The summed E-state index contributed by atoms with van der Waals surface area (Å²) in [5.41, 5.74) is 0.485. The van der Waals surface area contributed by atoms with Crippen LogP contribution in [0.5, 0.6) is 5.19 Å². The van der Waals surface area contributed by atoms with Crippen LogP contribution in [0.15, 0.2) is 5.38 Å². The highest BCUT2D eigenvalue weighted by Crippen LogP contribution is 2.18. The molecular weight excluding hydrogens is 214 g/mol. The van der Waals surface area contributed by atoms with E-state index >= 15 is 0 Å². The summed E-state index contributed by atoms with van der Waals surface area (Å²) in [5.74, 6) is -0.00366. The number of hydrogen-bond acceptors (Lipinski definition) is 5. The van der Waals surface area contributed by atoms with Crippen LogP contribution in [0.25, 0.3) is 0 Å². The van der Waals surface area contributed by atoms with E-state index < -0.39 is 0 Å². The molecule has 1 N–H and O–H groups in total. The van der Waals surface area contributed by atoms with Crippen LogP contribution in [-0.4, -0.2) is 49.1 Å². The Balaban J connectivity index is 2.05. The second kappa shape index (κ2) is 4.59. The van der Waals surface area contributed by atoms with Crippen molar-refractivity contribution in [3.63, 3.8) is 0 Å². The second-order valence-corrected chi connectivity index (χ2v) is 4.07. The number of rotatable bonds is 2. The van der Waals surface area contributed by atoms with E-state index in [2.05, 4.69) is 10.3 Å². The van der Waals surface area contributed by atoms with Crippen LogP contribution in [0.1, 0.15) is 10.5 Å². The molecule has 1 amide bonds. The molecule has 0 aromatic carbocycles. The van der Waals surface area contributed by atoms with Gasteiger partial charge in [0.2, 0.25) is 0 Å². The van der Waals surface area contributed by atoms with Gasteiger partial charge < -0.3 is 15.0 Å².